The number of aromatic amines is 1. The van der Waals surface area contributed by atoms with E-state index in [0.29, 0.717) is 0 Å². The smallest absolute Gasteiger partial charge is 0.441 e. The van der Waals surface area contributed by atoms with E-state index in [9.17, 15) is 22.4 Å². The van der Waals surface area contributed by atoms with Gasteiger partial charge in [-0.2, -0.15) is 10.1 Å². The predicted molar refractivity (Wildman–Crippen MR) is 104 cm³/mol. The van der Waals surface area contributed by atoms with Gasteiger partial charge in [-0.3, -0.25) is 9.50 Å². The Kier molecular flexibility index (Phi) is 5.97. The van der Waals surface area contributed by atoms with Crippen molar-refractivity contribution in [3.05, 3.63) is 30.2 Å². The molecular weight excluding hydrogens is 454 g/mol. The highest BCUT2D eigenvalue weighted by molar-refractivity contribution is 5.67. The summed E-state index contributed by atoms with van der Waals surface area (Å²) in [5, 5.41) is 11.9. The molecule has 4 heterocycles. The maximum atomic E-state index is 14.8. The van der Waals surface area contributed by atoms with Crippen LogP contribution in [0, 0.1) is 0 Å². The lowest BCUT2D eigenvalue weighted by Gasteiger charge is -2.16. The molecule has 11 nitrogen and oxygen atoms in total. The number of carbonyl (C=O) groups is 1. The molecule has 3 atom stereocenters. The number of fused-ring (bicyclic) bond motifs is 1. The van der Waals surface area contributed by atoms with Crippen LogP contribution in [-0.4, -0.2) is 61.9 Å². The highest BCUT2D eigenvalue weighted by Crippen LogP contribution is 2.33. The van der Waals surface area contributed by atoms with Crippen molar-refractivity contribution in [2.75, 3.05) is 11.9 Å². The molecule has 0 bridgehead atoms. The molecule has 0 spiro atoms. The van der Waals surface area contributed by atoms with Gasteiger partial charge in [0.2, 0.25) is 11.8 Å². The number of H-pyrrole nitrogens is 1. The van der Waals surface area contributed by atoms with E-state index in [1.165, 1.54) is 22.7 Å². The fraction of sp³-hybridized carbons (Fsp3) is 0.444. The zero-order valence-electron chi connectivity index (χ0n) is 17.3. The topological polar surface area (TPSA) is 128 Å². The molecule has 0 aromatic carbocycles. The summed E-state index contributed by atoms with van der Waals surface area (Å²) in [7, 11) is 0. The summed E-state index contributed by atoms with van der Waals surface area (Å²) >= 11 is 0. The molecule has 1 saturated heterocycles. The Morgan fingerprint density at radius 2 is 2.18 bits per heavy atom. The van der Waals surface area contributed by atoms with Crippen LogP contribution in [0.2, 0.25) is 0 Å². The number of aromatic nitrogens is 5. The van der Waals surface area contributed by atoms with Gasteiger partial charge in [0.15, 0.2) is 18.1 Å². The molecule has 1 fully saturated rings. The van der Waals surface area contributed by atoms with Gasteiger partial charge < -0.3 is 24.8 Å². The number of hydrogen-bond acceptors (Lipinski definition) is 8. The van der Waals surface area contributed by atoms with Crippen molar-refractivity contribution < 1.29 is 36.6 Å². The SMILES string of the molecule is CC(C)NC(=O)O[C@@H]1CO[C@H](c2cc(Nc3nccc4nc(OC(F)(F)F)cn34)n[nH]2)[C@@H]1F. The first kappa shape index (κ1) is 22.6. The largest absolute Gasteiger partial charge is 0.574 e. The van der Waals surface area contributed by atoms with E-state index in [4.69, 9.17) is 9.47 Å². The first-order valence-corrected chi connectivity index (χ1v) is 9.74. The van der Waals surface area contributed by atoms with Gasteiger partial charge in [-0.15, -0.1) is 13.2 Å². The summed E-state index contributed by atoms with van der Waals surface area (Å²) < 4.78 is 67.7. The van der Waals surface area contributed by atoms with Crippen molar-refractivity contribution in [2.24, 2.45) is 0 Å². The number of carbonyl (C=O) groups excluding carboxylic acids is 1. The van der Waals surface area contributed by atoms with Gasteiger partial charge in [-0.05, 0) is 19.9 Å². The Balaban J connectivity index is 1.45. The van der Waals surface area contributed by atoms with Crippen molar-refractivity contribution >= 4 is 23.5 Å². The third kappa shape index (κ3) is 5.24. The third-order valence-electron chi connectivity index (χ3n) is 4.47. The fourth-order valence-electron chi connectivity index (χ4n) is 3.16. The maximum Gasteiger partial charge on any atom is 0.574 e. The lowest BCUT2D eigenvalue weighted by atomic mass is 10.1. The van der Waals surface area contributed by atoms with Crippen LogP contribution in [0.4, 0.5) is 34.1 Å². The highest BCUT2D eigenvalue weighted by atomic mass is 19.4. The number of nitrogens with one attached hydrogen (secondary N) is 3. The van der Waals surface area contributed by atoms with Crippen molar-refractivity contribution in [1.82, 2.24) is 29.9 Å². The quantitative estimate of drug-likeness (QED) is 0.467. The van der Waals surface area contributed by atoms with Crippen LogP contribution in [0.15, 0.2) is 24.5 Å². The van der Waals surface area contributed by atoms with Gasteiger partial charge in [0.05, 0.1) is 18.5 Å². The molecule has 0 radical (unpaired) electrons. The minimum absolute atomic E-state index is 0.0887. The summed E-state index contributed by atoms with van der Waals surface area (Å²) in [4.78, 5) is 19.5. The minimum Gasteiger partial charge on any atom is -0.441 e. The van der Waals surface area contributed by atoms with Crippen LogP contribution >= 0.6 is 0 Å². The number of alkyl halides is 4. The first-order chi connectivity index (χ1) is 15.6. The summed E-state index contributed by atoms with van der Waals surface area (Å²) in [5.41, 5.74) is 0.407. The molecule has 0 aliphatic carbocycles. The average molecular weight is 473 g/mol. The van der Waals surface area contributed by atoms with E-state index < -0.39 is 36.7 Å². The summed E-state index contributed by atoms with van der Waals surface area (Å²) in [6, 6.07) is 2.66. The van der Waals surface area contributed by atoms with Crippen molar-refractivity contribution in [2.45, 2.75) is 44.6 Å². The number of nitrogens with zero attached hydrogens (tertiary/aromatic N) is 4. The molecule has 178 valence electrons. The Morgan fingerprint density at radius 1 is 1.39 bits per heavy atom. The molecule has 33 heavy (non-hydrogen) atoms. The van der Waals surface area contributed by atoms with Crippen molar-refractivity contribution in [1.29, 1.82) is 0 Å². The lowest BCUT2D eigenvalue weighted by molar-refractivity contribution is -0.276. The molecule has 3 N–H and O–H groups in total. The van der Waals surface area contributed by atoms with Crippen LogP contribution in [0.3, 0.4) is 0 Å². The molecule has 3 aromatic heterocycles. The zero-order chi connectivity index (χ0) is 23.8. The van der Waals surface area contributed by atoms with Crippen LogP contribution in [-0.2, 0) is 9.47 Å². The minimum atomic E-state index is -4.89. The van der Waals surface area contributed by atoms with Crippen molar-refractivity contribution in [3.8, 4) is 5.88 Å². The summed E-state index contributed by atoms with van der Waals surface area (Å²) in [5.74, 6) is -0.381. The molecule has 4 rings (SSSR count). The van der Waals surface area contributed by atoms with E-state index in [2.05, 4.69) is 35.5 Å². The molecule has 1 aliphatic rings. The second-order valence-corrected chi connectivity index (χ2v) is 7.40. The second kappa shape index (κ2) is 8.73. The Morgan fingerprint density at radius 3 is 2.91 bits per heavy atom. The van der Waals surface area contributed by atoms with Gasteiger partial charge in [-0.25, -0.2) is 14.2 Å². The van der Waals surface area contributed by atoms with Gasteiger partial charge in [0, 0.05) is 18.3 Å². The van der Waals surface area contributed by atoms with Crippen LogP contribution in [0.25, 0.3) is 5.65 Å². The van der Waals surface area contributed by atoms with Gasteiger partial charge in [0.25, 0.3) is 0 Å². The fourth-order valence-corrected chi connectivity index (χ4v) is 3.16. The summed E-state index contributed by atoms with van der Waals surface area (Å²) in [6.45, 7) is 3.34. The molecule has 0 saturated carbocycles. The molecule has 15 heteroatoms. The number of hydrogen-bond donors (Lipinski definition) is 3. The number of alkyl carbamates (subject to hydrolysis) is 1. The molecule has 1 amide bonds. The normalized spacial score (nSPS) is 20.9. The Hall–Kier alpha value is -3.62. The van der Waals surface area contributed by atoms with E-state index >= 15 is 0 Å². The average Bonchev–Trinajstić information content (AvgIpc) is 3.40. The monoisotopic (exact) mass is 473 g/mol. The lowest BCUT2D eigenvalue weighted by Crippen LogP contribution is -2.36. The van der Waals surface area contributed by atoms with E-state index in [1.54, 1.807) is 13.8 Å². The number of halogens is 4. The molecule has 0 unspecified atom stereocenters. The van der Waals surface area contributed by atoms with Gasteiger partial charge >= 0.3 is 12.5 Å². The van der Waals surface area contributed by atoms with E-state index in [0.717, 1.165) is 6.20 Å². The maximum absolute atomic E-state index is 14.8. The van der Waals surface area contributed by atoms with E-state index in [-0.39, 0.29) is 35.8 Å². The van der Waals surface area contributed by atoms with Crippen LogP contribution in [0.5, 0.6) is 5.88 Å². The third-order valence-corrected chi connectivity index (χ3v) is 4.47. The standard InChI is InChI=1S/C18H19F4N7O4/c1-8(2)24-17(30)32-10-7-31-15(14(10)19)9-5-11(28-27-9)25-16-23-4-3-12-26-13(6-29(12)16)33-18(20,21)22/h3-6,8,10,14-15H,7H2,1-2H3,(H,24,30)(H2,23,25,27,28)/t10-,14-,15-/m1/s1. The number of anilines is 2. The van der Waals surface area contributed by atoms with E-state index in [1.807, 2.05) is 0 Å². The first-order valence-electron chi connectivity index (χ1n) is 9.74. The highest BCUT2D eigenvalue weighted by Gasteiger charge is 2.42. The number of ether oxygens (including phenoxy) is 3. The Labute approximate surface area is 183 Å². The Bertz CT molecular complexity index is 1130. The van der Waals surface area contributed by atoms with Crippen molar-refractivity contribution in [3.63, 3.8) is 0 Å². The molecule has 1 aliphatic heterocycles. The predicted octanol–water partition coefficient (Wildman–Crippen LogP) is 3.01. The molecule has 3 aromatic rings. The van der Waals surface area contributed by atoms with Crippen LogP contribution < -0.4 is 15.4 Å². The zero-order valence-corrected chi connectivity index (χ0v) is 17.3. The van der Waals surface area contributed by atoms with Gasteiger partial charge in [0.1, 0.15) is 11.8 Å². The molecular formula is C18H19F4N7O4. The van der Waals surface area contributed by atoms with Gasteiger partial charge in [-0.1, -0.05) is 0 Å². The number of imidazole rings is 1. The number of rotatable bonds is 6. The number of amides is 1. The summed E-state index contributed by atoms with van der Waals surface area (Å²) in [6.07, 6.45) is -7.10. The second-order valence-electron chi connectivity index (χ2n) is 7.40. The van der Waals surface area contributed by atoms with Crippen LogP contribution in [0.1, 0.15) is 25.6 Å².